The standard InChI is InChI=1S/C23H21ClN6O4/c1-12(18(14-8-25-13(2)26-9-14)16-6-4-5-7-17(16)24)21-29-19(20(31)23(33)30(21)3)22(32)28-15-10-27-34-11-15/h4-12,18,31H,1-3H3,(H,28,32). The number of benzene rings is 1. The number of aromatic nitrogens is 5. The van der Waals surface area contributed by atoms with Crippen molar-refractivity contribution in [2.24, 2.45) is 7.05 Å². The first-order chi connectivity index (χ1) is 16.3. The fourth-order valence-electron chi connectivity index (χ4n) is 3.81. The Morgan fingerprint density at radius 1 is 1.21 bits per heavy atom. The quantitative estimate of drug-likeness (QED) is 0.428. The van der Waals surface area contributed by atoms with Gasteiger partial charge in [-0.25, -0.2) is 15.0 Å². The molecule has 1 amide bonds. The summed E-state index contributed by atoms with van der Waals surface area (Å²) in [5.41, 5.74) is 0.618. The van der Waals surface area contributed by atoms with Crippen LogP contribution in [0.25, 0.3) is 0 Å². The first kappa shape index (κ1) is 23.1. The van der Waals surface area contributed by atoms with Crippen molar-refractivity contribution in [1.82, 2.24) is 24.7 Å². The van der Waals surface area contributed by atoms with Crippen molar-refractivity contribution in [3.05, 3.63) is 93.0 Å². The van der Waals surface area contributed by atoms with Gasteiger partial charge >= 0.3 is 0 Å². The summed E-state index contributed by atoms with van der Waals surface area (Å²) >= 11 is 6.54. The molecule has 0 saturated heterocycles. The van der Waals surface area contributed by atoms with E-state index in [1.54, 1.807) is 25.4 Å². The molecule has 0 aliphatic rings. The summed E-state index contributed by atoms with van der Waals surface area (Å²) in [6.45, 7) is 3.64. The van der Waals surface area contributed by atoms with Crippen molar-refractivity contribution < 1.29 is 14.4 Å². The smallest absolute Gasteiger partial charge is 0.296 e. The van der Waals surface area contributed by atoms with Gasteiger partial charge in [0.1, 0.15) is 23.6 Å². The average Bonchev–Trinajstić information content (AvgIpc) is 3.33. The highest BCUT2D eigenvalue weighted by Gasteiger charge is 2.30. The summed E-state index contributed by atoms with van der Waals surface area (Å²) in [4.78, 5) is 38.6. The minimum Gasteiger partial charge on any atom is -0.501 e. The number of aryl methyl sites for hydroxylation is 1. The molecule has 0 fully saturated rings. The molecule has 0 radical (unpaired) electrons. The molecular formula is C23H21ClN6O4. The number of amides is 1. The fourth-order valence-corrected chi connectivity index (χ4v) is 4.06. The van der Waals surface area contributed by atoms with E-state index in [-0.39, 0.29) is 11.5 Å². The molecule has 3 aromatic heterocycles. The van der Waals surface area contributed by atoms with Crippen LogP contribution in [-0.4, -0.2) is 35.7 Å². The van der Waals surface area contributed by atoms with Crippen molar-refractivity contribution >= 4 is 23.2 Å². The topological polar surface area (TPSA) is 136 Å². The van der Waals surface area contributed by atoms with Gasteiger partial charge in [-0.15, -0.1) is 0 Å². The Morgan fingerprint density at radius 2 is 1.91 bits per heavy atom. The molecule has 0 spiro atoms. The zero-order chi connectivity index (χ0) is 24.4. The number of anilines is 1. The lowest BCUT2D eigenvalue weighted by Gasteiger charge is -2.26. The molecule has 4 aromatic rings. The van der Waals surface area contributed by atoms with Gasteiger partial charge in [0.2, 0.25) is 5.75 Å². The Morgan fingerprint density at radius 3 is 2.56 bits per heavy atom. The largest absolute Gasteiger partial charge is 0.501 e. The highest BCUT2D eigenvalue weighted by molar-refractivity contribution is 6.31. The minimum absolute atomic E-state index is 0.257. The van der Waals surface area contributed by atoms with Crippen molar-refractivity contribution in [2.75, 3.05) is 5.32 Å². The summed E-state index contributed by atoms with van der Waals surface area (Å²) in [6, 6.07) is 7.33. The van der Waals surface area contributed by atoms with Crippen LogP contribution in [0, 0.1) is 6.92 Å². The van der Waals surface area contributed by atoms with E-state index in [1.807, 2.05) is 25.1 Å². The van der Waals surface area contributed by atoms with Crippen LogP contribution in [-0.2, 0) is 7.05 Å². The van der Waals surface area contributed by atoms with Crippen LogP contribution < -0.4 is 10.9 Å². The van der Waals surface area contributed by atoms with Gasteiger partial charge in [0.05, 0.1) is 6.20 Å². The summed E-state index contributed by atoms with van der Waals surface area (Å²) in [7, 11) is 1.48. The zero-order valence-corrected chi connectivity index (χ0v) is 19.3. The molecule has 34 heavy (non-hydrogen) atoms. The van der Waals surface area contributed by atoms with E-state index in [0.717, 1.165) is 11.1 Å². The van der Waals surface area contributed by atoms with Crippen LogP contribution >= 0.6 is 11.6 Å². The van der Waals surface area contributed by atoms with Gasteiger partial charge in [-0.3, -0.25) is 14.2 Å². The molecule has 2 unspecified atom stereocenters. The molecule has 3 heterocycles. The second-order valence-electron chi connectivity index (χ2n) is 7.75. The second kappa shape index (κ2) is 9.44. The highest BCUT2D eigenvalue weighted by atomic mass is 35.5. The minimum atomic E-state index is -0.778. The first-order valence-corrected chi connectivity index (χ1v) is 10.7. The molecule has 0 saturated carbocycles. The third kappa shape index (κ3) is 4.40. The van der Waals surface area contributed by atoms with Crippen molar-refractivity contribution in [3.63, 3.8) is 0 Å². The predicted molar refractivity (Wildman–Crippen MR) is 124 cm³/mol. The number of aromatic hydroxyl groups is 1. The fraction of sp³-hybridized carbons (Fsp3) is 0.217. The monoisotopic (exact) mass is 480 g/mol. The van der Waals surface area contributed by atoms with Crippen LogP contribution in [0.5, 0.6) is 5.75 Å². The SMILES string of the molecule is Cc1ncc(C(c2ccccc2Cl)C(C)c2nc(C(=O)Nc3cnoc3)c(O)c(=O)n2C)cn1. The van der Waals surface area contributed by atoms with Gasteiger partial charge in [0.15, 0.2) is 5.69 Å². The molecule has 4 rings (SSSR count). The Hall–Kier alpha value is -4.05. The maximum atomic E-state index is 12.8. The Labute approximate surface area is 199 Å². The van der Waals surface area contributed by atoms with Crippen LogP contribution in [0.4, 0.5) is 5.69 Å². The van der Waals surface area contributed by atoms with Gasteiger partial charge in [-0.05, 0) is 24.1 Å². The van der Waals surface area contributed by atoms with Crippen LogP contribution in [0.15, 0.2) is 58.4 Å². The molecule has 2 N–H and O–H groups in total. The Balaban J connectivity index is 1.84. The maximum absolute atomic E-state index is 12.8. The van der Waals surface area contributed by atoms with Crippen molar-refractivity contribution in [2.45, 2.75) is 25.7 Å². The number of nitrogens with zero attached hydrogens (tertiary/aromatic N) is 5. The summed E-state index contributed by atoms with van der Waals surface area (Å²) in [5, 5.41) is 16.9. The lowest BCUT2D eigenvalue weighted by Crippen LogP contribution is -2.29. The van der Waals surface area contributed by atoms with E-state index in [9.17, 15) is 14.7 Å². The molecule has 0 aliphatic carbocycles. The maximum Gasteiger partial charge on any atom is 0.296 e. The van der Waals surface area contributed by atoms with Gasteiger partial charge in [-0.2, -0.15) is 0 Å². The average molecular weight is 481 g/mol. The highest BCUT2D eigenvalue weighted by Crippen LogP contribution is 2.40. The molecule has 0 aliphatic heterocycles. The van der Waals surface area contributed by atoms with Gasteiger partial charge in [-0.1, -0.05) is 41.9 Å². The molecule has 174 valence electrons. The second-order valence-corrected chi connectivity index (χ2v) is 8.16. The number of nitrogens with one attached hydrogen (secondary N) is 1. The van der Waals surface area contributed by atoms with E-state index in [2.05, 4.69) is 25.4 Å². The molecule has 2 atom stereocenters. The van der Waals surface area contributed by atoms with Crippen molar-refractivity contribution in [3.8, 4) is 5.75 Å². The Bertz CT molecular complexity index is 1390. The molecule has 1 aromatic carbocycles. The number of rotatable bonds is 6. The lowest BCUT2D eigenvalue weighted by atomic mass is 9.82. The van der Waals surface area contributed by atoms with E-state index in [0.29, 0.717) is 10.8 Å². The third-order valence-corrected chi connectivity index (χ3v) is 5.86. The van der Waals surface area contributed by atoms with Crippen LogP contribution in [0.3, 0.4) is 0 Å². The van der Waals surface area contributed by atoms with E-state index < -0.39 is 34.7 Å². The third-order valence-electron chi connectivity index (χ3n) is 5.51. The van der Waals surface area contributed by atoms with Crippen LogP contribution in [0.2, 0.25) is 5.02 Å². The first-order valence-electron chi connectivity index (χ1n) is 10.3. The Kier molecular flexibility index (Phi) is 6.42. The summed E-state index contributed by atoms with van der Waals surface area (Å²) in [6.07, 6.45) is 5.89. The molecular weight excluding hydrogens is 460 g/mol. The lowest BCUT2D eigenvalue weighted by molar-refractivity contribution is 0.101. The van der Waals surface area contributed by atoms with Crippen LogP contribution in [0.1, 0.15) is 52.0 Å². The van der Waals surface area contributed by atoms with Gasteiger partial charge < -0.3 is 14.9 Å². The predicted octanol–water partition coefficient (Wildman–Crippen LogP) is 3.41. The van der Waals surface area contributed by atoms with E-state index >= 15 is 0 Å². The summed E-state index contributed by atoms with van der Waals surface area (Å²) in [5.74, 6) is -1.53. The van der Waals surface area contributed by atoms with Gasteiger partial charge in [0, 0.05) is 36.3 Å². The van der Waals surface area contributed by atoms with Crippen molar-refractivity contribution in [1.29, 1.82) is 0 Å². The van der Waals surface area contributed by atoms with E-state index in [1.165, 1.54) is 24.1 Å². The summed E-state index contributed by atoms with van der Waals surface area (Å²) < 4.78 is 5.91. The number of halogens is 1. The number of hydrogen-bond donors (Lipinski definition) is 2. The number of carbonyl (C=O) groups excluding carboxylic acids is 1. The molecule has 11 heteroatoms. The normalized spacial score (nSPS) is 12.8. The molecule has 0 bridgehead atoms. The number of hydrogen-bond acceptors (Lipinski definition) is 8. The van der Waals surface area contributed by atoms with Gasteiger partial charge in [0.25, 0.3) is 11.5 Å². The number of carbonyl (C=O) groups is 1. The molecule has 10 nitrogen and oxygen atoms in total. The zero-order valence-electron chi connectivity index (χ0n) is 18.6. The van der Waals surface area contributed by atoms with E-state index in [4.69, 9.17) is 16.1 Å².